The number of ether oxygens (including phenoxy) is 1. The molecule has 1 atom stereocenters. The van der Waals surface area contributed by atoms with E-state index in [9.17, 15) is 4.79 Å². The lowest BCUT2D eigenvalue weighted by atomic mass is 10.1. The molecule has 0 radical (unpaired) electrons. The van der Waals surface area contributed by atoms with Crippen LogP contribution in [0.25, 0.3) is 0 Å². The van der Waals surface area contributed by atoms with Gasteiger partial charge >= 0.3 is 0 Å². The SMILES string of the molecule is CO[C@H](C(=O)NCCSCc1ccccc1Cl)c1ccccc1. The van der Waals surface area contributed by atoms with Crippen molar-refractivity contribution in [3.8, 4) is 0 Å². The minimum absolute atomic E-state index is 0.114. The van der Waals surface area contributed by atoms with Crippen LogP contribution >= 0.6 is 23.4 Å². The lowest BCUT2D eigenvalue weighted by Gasteiger charge is -2.15. The third-order valence-corrected chi connectivity index (χ3v) is 4.71. The van der Waals surface area contributed by atoms with Gasteiger partial charge in [0.05, 0.1) is 0 Å². The number of amides is 1. The predicted octanol–water partition coefficient (Wildman–Crippen LogP) is 4.08. The van der Waals surface area contributed by atoms with Crippen LogP contribution in [0.2, 0.25) is 5.02 Å². The Morgan fingerprint density at radius 1 is 1.17 bits per heavy atom. The Labute approximate surface area is 146 Å². The van der Waals surface area contributed by atoms with Crippen molar-refractivity contribution in [2.75, 3.05) is 19.4 Å². The van der Waals surface area contributed by atoms with Crippen LogP contribution in [0.4, 0.5) is 0 Å². The average molecular weight is 350 g/mol. The van der Waals surface area contributed by atoms with E-state index in [1.54, 1.807) is 18.9 Å². The standard InChI is InChI=1S/C18H20ClNO2S/c1-22-17(14-7-3-2-4-8-14)18(21)20-11-12-23-13-15-9-5-6-10-16(15)19/h2-10,17H,11-13H2,1H3,(H,20,21)/t17-/m0/s1. The molecule has 0 heterocycles. The van der Waals surface area contributed by atoms with Crippen LogP contribution in [0, 0.1) is 0 Å². The summed E-state index contributed by atoms with van der Waals surface area (Å²) in [4.78, 5) is 12.2. The van der Waals surface area contributed by atoms with Crippen molar-refractivity contribution in [1.82, 2.24) is 5.32 Å². The highest BCUT2D eigenvalue weighted by Gasteiger charge is 2.18. The van der Waals surface area contributed by atoms with Gasteiger partial charge in [0.1, 0.15) is 0 Å². The molecule has 0 saturated carbocycles. The highest BCUT2D eigenvalue weighted by Crippen LogP contribution is 2.20. The summed E-state index contributed by atoms with van der Waals surface area (Å²) < 4.78 is 5.30. The first kappa shape index (κ1) is 17.9. The normalized spacial score (nSPS) is 11.9. The first-order valence-corrected chi connectivity index (χ1v) is 8.92. The molecule has 3 nitrogen and oxygen atoms in total. The second-order valence-corrected chi connectivity index (χ2v) is 6.47. The fourth-order valence-electron chi connectivity index (χ4n) is 2.16. The first-order valence-electron chi connectivity index (χ1n) is 7.39. The number of thioether (sulfide) groups is 1. The number of carbonyl (C=O) groups is 1. The zero-order valence-corrected chi connectivity index (χ0v) is 14.6. The number of nitrogens with one attached hydrogen (secondary N) is 1. The first-order chi connectivity index (χ1) is 11.2. The van der Waals surface area contributed by atoms with Crippen molar-refractivity contribution in [1.29, 1.82) is 0 Å². The summed E-state index contributed by atoms with van der Waals surface area (Å²) in [6.07, 6.45) is -0.565. The molecule has 0 unspecified atom stereocenters. The van der Waals surface area contributed by atoms with Crippen LogP contribution in [-0.4, -0.2) is 25.3 Å². The van der Waals surface area contributed by atoms with Gasteiger partial charge in [-0.05, 0) is 17.2 Å². The van der Waals surface area contributed by atoms with Crippen molar-refractivity contribution in [3.05, 3.63) is 70.7 Å². The van der Waals surface area contributed by atoms with Gasteiger partial charge in [-0.25, -0.2) is 0 Å². The Morgan fingerprint density at radius 3 is 2.57 bits per heavy atom. The fraction of sp³-hybridized carbons (Fsp3) is 0.278. The van der Waals surface area contributed by atoms with Gasteiger partial charge in [-0.2, -0.15) is 11.8 Å². The van der Waals surface area contributed by atoms with Gasteiger partial charge in [-0.3, -0.25) is 4.79 Å². The molecule has 0 aliphatic heterocycles. The second kappa shape index (κ2) is 9.60. The van der Waals surface area contributed by atoms with Crippen molar-refractivity contribution in [3.63, 3.8) is 0 Å². The van der Waals surface area contributed by atoms with Crippen molar-refractivity contribution < 1.29 is 9.53 Å². The maximum Gasteiger partial charge on any atom is 0.253 e. The summed E-state index contributed by atoms with van der Waals surface area (Å²) in [6, 6.07) is 17.3. The Hall–Kier alpha value is -1.49. The Balaban J connectivity index is 1.73. The molecule has 0 bridgehead atoms. The number of hydrogen-bond donors (Lipinski definition) is 1. The molecule has 1 amide bonds. The number of halogens is 1. The summed E-state index contributed by atoms with van der Waals surface area (Å²) in [5.41, 5.74) is 1.97. The zero-order valence-electron chi connectivity index (χ0n) is 13.0. The molecule has 23 heavy (non-hydrogen) atoms. The molecule has 0 saturated heterocycles. The molecular formula is C18H20ClNO2S. The Kier molecular flexibility index (Phi) is 7.46. The summed E-state index contributed by atoms with van der Waals surface area (Å²) in [7, 11) is 1.55. The Bertz CT molecular complexity index is 621. The van der Waals surface area contributed by atoms with Crippen molar-refractivity contribution in [2.45, 2.75) is 11.9 Å². The maximum atomic E-state index is 12.2. The van der Waals surface area contributed by atoms with Crippen LogP contribution in [0.1, 0.15) is 17.2 Å². The summed E-state index contributed by atoms with van der Waals surface area (Å²) in [5, 5.41) is 3.70. The lowest BCUT2D eigenvalue weighted by Crippen LogP contribution is -2.32. The molecule has 0 aliphatic carbocycles. The molecule has 0 fully saturated rings. The molecular weight excluding hydrogens is 330 g/mol. The third-order valence-electron chi connectivity index (χ3n) is 3.34. The molecule has 2 aromatic carbocycles. The molecule has 2 rings (SSSR count). The number of carbonyl (C=O) groups excluding carboxylic acids is 1. The lowest BCUT2D eigenvalue weighted by molar-refractivity contribution is -0.131. The van der Waals surface area contributed by atoms with E-state index in [2.05, 4.69) is 5.32 Å². The van der Waals surface area contributed by atoms with Gasteiger partial charge in [0, 0.05) is 30.2 Å². The second-order valence-electron chi connectivity index (χ2n) is 4.96. The van der Waals surface area contributed by atoms with Crippen LogP contribution in [-0.2, 0) is 15.3 Å². The van der Waals surface area contributed by atoms with E-state index in [-0.39, 0.29) is 5.91 Å². The van der Waals surface area contributed by atoms with Gasteiger partial charge < -0.3 is 10.1 Å². The predicted molar refractivity (Wildman–Crippen MR) is 96.8 cm³/mol. The van der Waals surface area contributed by atoms with Crippen LogP contribution in [0.3, 0.4) is 0 Å². The van der Waals surface area contributed by atoms with Gasteiger partial charge in [0.25, 0.3) is 5.91 Å². The molecule has 0 aromatic heterocycles. The fourth-order valence-corrected chi connectivity index (χ4v) is 3.30. The van der Waals surface area contributed by atoms with Gasteiger partial charge in [0.2, 0.25) is 0 Å². The topological polar surface area (TPSA) is 38.3 Å². The Morgan fingerprint density at radius 2 is 1.87 bits per heavy atom. The number of methoxy groups -OCH3 is 1. The third kappa shape index (κ3) is 5.57. The highest BCUT2D eigenvalue weighted by atomic mass is 35.5. The number of hydrogen-bond acceptors (Lipinski definition) is 3. The average Bonchev–Trinajstić information content (AvgIpc) is 2.58. The van der Waals surface area contributed by atoms with E-state index < -0.39 is 6.10 Å². The van der Waals surface area contributed by atoms with E-state index in [1.807, 2.05) is 54.6 Å². The largest absolute Gasteiger partial charge is 0.367 e. The monoisotopic (exact) mass is 349 g/mol. The highest BCUT2D eigenvalue weighted by molar-refractivity contribution is 7.98. The van der Waals surface area contributed by atoms with E-state index >= 15 is 0 Å². The molecule has 2 aromatic rings. The molecule has 122 valence electrons. The van der Waals surface area contributed by atoms with Crippen molar-refractivity contribution >= 4 is 29.3 Å². The van der Waals surface area contributed by atoms with E-state index in [0.29, 0.717) is 6.54 Å². The van der Waals surface area contributed by atoms with Crippen molar-refractivity contribution in [2.24, 2.45) is 0 Å². The van der Waals surface area contributed by atoms with Gasteiger partial charge in [-0.1, -0.05) is 60.1 Å². The van der Waals surface area contributed by atoms with Crippen LogP contribution < -0.4 is 5.32 Å². The quantitative estimate of drug-likeness (QED) is 0.730. The van der Waals surface area contributed by atoms with Gasteiger partial charge in [0.15, 0.2) is 6.10 Å². The summed E-state index contributed by atoms with van der Waals surface area (Å²) in [5.74, 6) is 1.54. The van der Waals surface area contributed by atoms with Crippen LogP contribution in [0.5, 0.6) is 0 Å². The summed E-state index contributed by atoms with van der Waals surface area (Å²) >= 11 is 7.85. The molecule has 1 N–H and O–H groups in total. The van der Waals surface area contributed by atoms with E-state index in [1.165, 1.54) is 0 Å². The summed E-state index contributed by atoms with van der Waals surface area (Å²) in [6.45, 7) is 0.598. The maximum absolute atomic E-state index is 12.2. The molecule has 0 spiro atoms. The van der Waals surface area contributed by atoms with E-state index in [4.69, 9.17) is 16.3 Å². The van der Waals surface area contributed by atoms with Crippen LogP contribution in [0.15, 0.2) is 54.6 Å². The number of rotatable bonds is 8. The smallest absolute Gasteiger partial charge is 0.253 e. The minimum Gasteiger partial charge on any atom is -0.367 e. The van der Waals surface area contributed by atoms with E-state index in [0.717, 1.165) is 27.7 Å². The molecule has 5 heteroatoms. The zero-order chi connectivity index (χ0) is 16.5. The van der Waals surface area contributed by atoms with Gasteiger partial charge in [-0.15, -0.1) is 0 Å². The minimum atomic E-state index is -0.565. The molecule has 0 aliphatic rings. The number of benzene rings is 2.